The Bertz CT molecular complexity index is 2390. The average molecular weight is 854 g/mol. The largest absolute Gasteiger partial charge is 0.456 e. The van der Waals surface area contributed by atoms with Crippen molar-refractivity contribution in [3.63, 3.8) is 0 Å². The van der Waals surface area contributed by atoms with E-state index in [4.69, 9.17) is 4.42 Å². The number of furan rings is 1. The molecular weight excluding hydrogens is 815 g/mol. The molecule has 0 aliphatic heterocycles. The van der Waals surface area contributed by atoms with Crippen molar-refractivity contribution in [2.75, 3.05) is 0 Å². The van der Waals surface area contributed by atoms with Gasteiger partial charge in [-0.3, -0.25) is 4.98 Å². The molecular formula is C47H39IrN3O-2. The average Bonchev–Trinajstić information content (AvgIpc) is 3.59. The molecule has 0 spiro atoms. The topological polar surface area (TPSA) is 51.8 Å². The number of aromatic nitrogens is 3. The first-order chi connectivity index (χ1) is 24.7. The summed E-state index contributed by atoms with van der Waals surface area (Å²) in [5.74, 6) is 0.818. The summed E-state index contributed by atoms with van der Waals surface area (Å²) in [6, 6.07) is 48.1. The summed E-state index contributed by atoms with van der Waals surface area (Å²) in [7, 11) is 0. The molecule has 0 fully saturated rings. The number of nitrogens with zero attached hydrogens (tertiary/aromatic N) is 3. The summed E-state index contributed by atoms with van der Waals surface area (Å²) in [5.41, 5.74) is 13.9. The predicted octanol–water partition coefficient (Wildman–Crippen LogP) is 12.2. The van der Waals surface area contributed by atoms with Crippen molar-refractivity contribution in [3.05, 3.63) is 175 Å². The molecule has 0 atom stereocenters. The monoisotopic (exact) mass is 854 g/mol. The molecule has 5 heteroatoms. The maximum absolute atomic E-state index is 6.41. The second-order valence-corrected chi connectivity index (χ2v) is 13.8. The molecule has 4 aromatic heterocycles. The molecule has 0 N–H and O–H groups in total. The number of rotatable bonds is 5. The van der Waals surface area contributed by atoms with Crippen LogP contribution in [-0.2, 0) is 25.5 Å². The molecule has 8 rings (SSSR count). The zero-order valence-corrected chi connectivity index (χ0v) is 32.3. The van der Waals surface area contributed by atoms with Crippen LogP contribution in [0.15, 0.2) is 151 Å². The summed E-state index contributed by atoms with van der Waals surface area (Å²) in [5, 5.41) is 1.06. The maximum atomic E-state index is 6.41. The van der Waals surface area contributed by atoms with E-state index in [1.54, 1.807) is 6.20 Å². The van der Waals surface area contributed by atoms with Crippen molar-refractivity contribution in [1.82, 2.24) is 15.0 Å². The molecule has 0 saturated carbocycles. The molecule has 0 saturated heterocycles. The number of fused-ring (bicyclic) bond motifs is 1. The van der Waals surface area contributed by atoms with Gasteiger partial charge in [0.2, 0.25) is 0 Å². The third kappa shape index (κ3) is 8.34. The molecule has 8 aromatic rings. The summed E-state index contributed by atoms with van der Waals surface area (Å²) >= 11 is 0. The third-order valence-corrected chi connectivity index (χ3v) is 8.81. The Morgan fingerprint density at radius 2 is 1.37 bits per heavy atom. The van der Waals surface area contributed by atoms with Crippen LogP contribution in [0.4, 0.5) is 0 Å². The molecule has 4 nitrogen and oxygen atoms in total. The van der Waals surface area contributed by atoms with Crippen molar-refractivity contribution in [2.24, 2.45) is 0 Å². The van der Waals surface area contributed by atoms with E-state index in [1.807, 2.05) is 80.1 Å². The quantitative estimate of drug-likeness (QED) is 0.162. The van der Waals surface area contributed by atoms with Gasteiger partial charge in [0.1, 0.15) is 11.3 Å². The van der Waals surface area contributed by atoms with Crippen LogP contribution in [0.5, 0.6) is 0 Å². The fourth-order valence-corrected chi connectivity index (χ4v) is 6.09. The summed E-state index contributed by atoms with van der Waals surface area (Å²) in [4.78, 5) is 13.2. The van der Waals surface area contributed by atoms with Crippen molar-refractivity contribution in [3.8, 4) is 56.1 Å². The Morgan fingerprint density at radius 3 is 2.12 bits per heavy atom. The molecule has 0 bridgehead atoms. The van der Waals surface area contributed by atoms with Gasteiger partial charge in [0.05, 0.1) is 0 Å². The summed E-state index contributed by atoms with van der Waals surface area (Å²) in [6.45, 7) is 10.9. The van der Waals surface area contributed by atoms with Crippen LogP contribution in [0.2, 0.25) is 0 Å². The van der Waals surface area contributed by atoms with Crippen LogP contribution in [0.3, 0.4) is 0 Å². The Kier molecular flexibility index (Phi) is 11.0. The van der Waals surface area contributed by atoms with Gasteiger partial charge in [0, 0.05) is 55.8 Å². The number of pyridine rings is 3. The van der Waals surface area contributed by atoms with Crippen LogP contribution in [0.1, 0.15) is 37.5 Å². The van der Waals surface area contributed by atoms with Gasteiger partial charge in [0.15, 0.2) is 0 Å². The normalized spacial score (nSPS) is 11.0. The van der Waals surface area contributed by atoms with E-state index in [0.29, 0.717) is 0 Å². The van der Waals surface area contributed by atoms with Crippen LogP contribution >= 0.6 is 0 Å². The van der Waals surface area contributed by atoms with Gasteiger partial charge in [-0.1, -0.05) is 68.8 Å². The minimum Gasteiger partial charge on any atom is -0.456 e. The first kappa shape index (κ1) is 36.3. The van der Waals surface area contributed by atoms with Gasteiger partial charge in [-0.25, -0.2) is 0 Å². The van der Waals surface area contributed by atoms with Gasteiger partial charge in [-0.2, -0.15) is 0 Å². The SMILES string of the molecule is Cc1cncc(-c2cc3cc(-c4cc[c-]c(-c5cc(C)ccn5)c4)c(-c4cccc(C(C)(C)C)c4)cc3o2)c1.[Ir].[c-]1ccccc1-c1ccccn1. The zero-order valence-electron chi connectivity index (χ0n) is 29.9. The van der Waals surface area contributed by atoms with Gasteiger partial charge >= 0.3 is 0 Å². The molecule has 4 aromatic carbocycles. The number of benzene rings is 4. The molecule has 52 heavy (non-hydrogen) atoms. The van der Waals surface area contributed by atoms with Gasteiger partial charge in [-0.15, -0.1) is 71.3 Å². The standard InChI is InChI=1S/C36H31N2O.C11H8N.Ir/c1-23-12-13-38-33(15-23)27-10-6-8-25(16-27)31-18-28-19-34(29-14-24(2)21-37-22-29)39-35(28)20-32(31)26-9-7-11-30(17-26)36(3,4)5;1-2-6-10(7-3-1)11-8-4-5-9-12-11;/h6-9,11-22H,1-5H3;1-6,8-9H;/q2*-1;. The van der Waals surface area contributed by atoms with Crippen molar-refractivity contribution in [1.29, 1.82) is 0 Å². The van der Waals surface area contributed by atoms with E-state index < -0.39 is 0 Å². The fourth-order valence-electron chi connectivity index (χ4n) is 6.09. The molecule has 4 heterocycles. The van der Waals surface area contributed by atoms with E-state index in [0.717, 1.165) is 72.6 Å². The summed E-state index contributed by atoms with van der Waals surface area (Å²) in [6.07, 6.45) is 7.36. The Labute approximate surface area is 320 Å². The molecule has 0 aliphatic carbocycles. The first-order valence-electron chi connectivity index (χ1n) is 17.1. The number of hydrogen-bond acceptors (Lipinski definition) is 4. The molecule has 0 unspecified atom stereocenters. The van der Waals surface area contributed by atoms with Gasteiger partial charge < -0.3 is 14.4 Å². The minimum atomic E-state index is 0. The maximum Gasteiger partial charge on any atom is 0.136 e. The Morgan fingerprint density at radius 1 is 0.577 bits per heavy atom. The van der Waals surface area contributed by atoms with Gasteiger partial charge in [0.25, 0.3) is 0 Å². The van der Waals surface area contributed by atoms with E-state index in [9.17, 15) is 0 Å². The summed E-state index contributed by atoms with van der Waals surface area (Å²) < 4.78 is 6.41. The first-order valence-corrected chi connectivity index (χ1v) is 17.1. The second kappa shape index (κ2) is 15.8. The van der Waals surface area contributed by atoms with E-state index in [1.165, 1.54) is 11.1 Å². The molecule has 1 radical (unpaired) electrons. The molecule has 259 valence electrons. The van der Waals surface area contributed by atoms with Crippen molar-refractivity contribution in [2.45, 2.75) is 40.0 Å². The van der Waals surface area contributed by atoms with E-state index >= 15 is 0 Å². The smallest absolute Gasteiger partial charge is 0.136 e. The van der Waals surface area contributed by atoms with Crippen LogP contribution in [0.25, 0.3) is 67.1 Å². The number of hydrogen-bond donors (Lipinski definition) is 0. The zero-order chi connectivity index (χ0) is 35.4. The third-order valence-electron chi connectivity index (χ3n) is 8.81. The fraction of sp³-hybridized carbons (Fsp3) is 0.128. The van der Waals surface area contributed by atoms with Crippen LogP contribution < -0.4 is 0 Å². The second-order valence-electron chi connectivity index (χ2n) is 13.8. The Balaban J connectivity index is 0.000000302. The molecule has 0 amide bonds. The minimum absolute atomic E-state index is 0. The van der Waals surface area contributed by atoms with Crippen LogP contribution in [-0.4, -0.2) is 15.0 Å². The van der Waals surface area contributed by atoms with Crippen molar-refractivity contribution < 1.29 is 24.5 Å². The predicted molar refractivity (Wildman–Crippen MR) is 209 cm³/mol. The molecule has 0 aliphatic rings. The number of aryl methyl sites for hydroxylation is 2. The Hall–Kier alpha value is -5.48. The van der Waals surface area contributed by atoms with E-state index in [2.05, 4.69) is 122 Å². The van der Waals surface area contributed by atoms with E-state index in [-0.39, 0.29) is 25.5 Å². The van der Waals surface area contributed by atoms with Crippen molar-refractivity contribution >= 4 is 11.0 Å². The van der Waals surface area contributed by atoms with Crippen LogP contribution in [0, 0.1) is 26.0 Å². The van der Waals surface area contributed by atoms with Gasteiger partial charge in [-0.05, 0) is 94.9 Å².